The van der Waals surface area contributed by atoms with Crippen molar-refractivity contribution >= 4 is 5.69 Å². The highest BCUT2D eigenvalue weighted by Crippen LogP contribution is 2.21. The molecule has 0 bridgehead atoms. The number of aromatic nitrogens is 1. The van der Waals surface area contributed by atoms with E-state index in [1.165, 1.54) is 25.7 Å². The second kappa shape index (κ2) is 4.10. The number of rotatable bonds is 2. The molecule has 0 aromatic carbocycles. The number of anilines is 1. The van der Waals surface area contributed by atoms with Gasteiger partial charge in [0.15, 0.2) is 0 Å². The average molecular weight is 187 g/mol. The molecule has 14 heavy (non-hydrogen) atoms. The van der Waals surface area contributed by atoms with Crippen molar-refractivity contribution in [3.8, 4) is 6.07 Å². The van der Waals surface area contributed by atoms with E-state index in [1.807, 2.05) is 12.1 Å². The molecule has 0 saturated heterocycles. The van der Waals surface area contributed by atoms with Crippen LogP contribution in [0, 0.1) is 11.3 Å². The van der Waals surface area contributed by atoms with Crippen LogP contribution in [0.2, 0.25) is 0 Å². The van der Waals surface area contributed by atoms with Crippen molar-refractivity contribution in [1.82, 2.24) is 4.98 Å². The Bertz CT molecular complexity index is 331. The minimum Gasteiger partial charge on any atom is -0.381 e. The average Bonchev–Trinajstić information content (AvgIpc) is 2.72. The lowest BCUT2D eigenvalue weighted by Crippen LogP contribution is -2.14. The first-order valence-electron chi connectivity index (χ1n) is 5.01. The number of hydrogen-bond donors (Lipinski definition) is 1. The van der Waals surface area contributed by atoms with Crippen molar-refractivity contribution < 1.29 is 0 Å². The third-order valence-electron chi connectivity index (χ3n) is 2.60. The molecule has 1 saturated carbocycles. The summed E-state index contributed by atoms with van der Waals surface area (Å²) in [5.41, 5.74) is 1.50. The molecule has 0 radical (unpaired) electrons. The number of pyridine rings is 1. The molecule has 1 aliphatic rings. The third kappa shape index (κ3) is 2.02. The van der Waals surface area contributed by atoms with Gasteiger partial charge in [-0.1, -0.05) is 12.8 Å². The lowest BCUT2D eigenvalue weighted by Gasteiger charge is -2.12. The maximum absolute atomic E-state index is 8.58. The van der Waals surface area contributed by atoms with Gasteiger partial charge in [-0.05, 0) is 25.0 Å². The first-order valence-corrected chi connectivity index (χ1v) is 5.01. The SMILES string of the molecule is N#Cc1ccc(NC2CCCC2)cn1. The maximum atomic E-state index is 8.58. The van der Waals surface area contributed by atoms with Crippen molar-refractivity contribution in [2.24, 2.45) is 0 Å². The Balaban J connectivity index is 1.99. The zero-order valence-corrected chi connectivity index (χ0v) is 8.03. The van der Waals surface area contributed by atoms with Gasteiger partial charge in [-0.15, -0.1) is 0 Å². The van der Waals surface area contributed by atoms with Crippen molar-refractivity contribution in [2.75, 3.05) is 5.32 Å². The van der Waals surface area contributed by atoms with Gasteiger partial charge in [0, 0.05) is 6.04 Å². The van der Waals surface area contributed by atoms with Gasteiger partial charge in [0.05, 0.1) is 11.9 Å². The summed E-state index contributed by atoms with van der Waals surface area (Å²) in [6.07, 6.45) is 6.87. The Morgan fingerprint density at radius 3 is 2.71 bits per heavy atom. The molecule has 1 fully saturated rings. The van der Waals surface area contributed by atoms with Crippen LogP contribution in [0.3, 0.4) is 0 Å². The van der Waals surface area contributed by atoms with E-state index in [1.54, 1.807) is 12.3 Å². The van der Waals surface area contributed by atoms with Crippen molar-refractivity contribution in [3.05, 3.63) is 24.0 Å². The lowest BCUT2D eigenvalue weighted by atomic mass is 10.2. The molecule has 3 heteroatoms. The van der Waals surface area contributed by atoms with Crippen LogP contribution in [0.15, 0.2) is 18.3 Å². The Kier molecular flexibility index (Phi) is 2.64. The fourth-order valence-electron chi connectivity index (χ4n) is 1.85. The summed E-state index contributed by atoms with van der Waals surface area (Å²) >= 11 is 0. The summed E-state index contributed by atoms with van der Waals surface area (Å²) in [5, 5.41) is 12.0. The topological polar surface area (TPSA) is 48.7 Å². The highest BCUT2D eigenvalue weighted by molar-refractivity contribution is 5.43. The van der Waals surface area contributed by atoms with E-state index in [0.717, 1.165) is 5.69 Å². The van der Waals surface area contributed by atoms with Gasteiger partial charge in [0.1, 0.15) is 11.8 Å². The molecule has 72 valence electrons. The maximum Gasteiger partial charge on any atom is 0.140 e. The summed E-state index contributed by atoms with van der Waals surface area (Å²) in [5.74, 6) is 0. The Morgan fingerprint density at radius 1 is 1.36 bits per heavy atom. The van der Waals surface area contributed by atoms with Gasteiger partial charge < -0.3 is 5.32 Å². The van der Waals surface area contributed by atoms with Gasteiger partial charge in [0.25, 0.3) is 0 Å². The van der Waals surface area contributed by atoms with Crippen LogP contribution in [0.1, 0.15) is 31.4 Å². The second-order valence-corrected chi connectivity index (χ2v) is 3.67. The fraction of sp³-hybridized carbons (Fsp3) is 0.455. The molecule has 0 spiro atoms. The molecule has 0 atom stereocenters. The summed E-state index contributed by atoms with van der Waals surface area (Å²) < 4.78 is 0. The van der Waals surface area contributed by atoms with Gasteiger partial charge >= 0.3 is 0 Å². The van der Waals surface area contributed by atoms with E-state index in [2.05, 4.69) is 10.3 Å². The van der Waals surface area contributed by atoms with Gasteiger partial charge in [-0.25, -0.2) is 4.98 Å². The Morgan fingerprint density at radius 2 is 2.14 bits per heavy atom. The zero-order chi connectivity index (χ0) is 9.80. The molecular weight excluding hydrogens is 174 g/mol. The van der Waals surface area contributed by atoms with Crippen LogP contribution in [-0.4, -0.2) is 11.0 Å². The van der Waals surface area contributed by atoms with E-state index in [4.69, 9.17) is 5.26 Å². The number of hydrogen-bond acceptors (Lipinski definition) is 3. The van der Waals surface area contributed by atoms with Crippen LogP contribution in [-0.2, 0) is 0 Å². The van der Waals surface area contributed by atoms with Crippen LogP contribution in [0.4, 0.5) is 5.69 Å². The summed E-state index contributed by atoms with van der Waals surface area (Å²) in [4.78, 5) is 4.02. The number of nitriles is 1. The number of nitrogens with one attached hydrogen (secondary N) is 1. The summed E-state index contributed by atoms with van der Waals surface area (Å²) in [7, 11) is 0. The lowest BCUT2D eigenvalue weighted by molar-refractivity contribution is 0.755. The fourth-order valence-corrected chi connectivity index (χ4v) is 1.85. The Hall–Kier alpha value is -1.56. The quantitative estimate of drug-likeness (QED) is 0.772. The van der Waals surface area contributed by atoms with Crippen molar-refractivity contribution in [3.63, 3.8) is 0 Å². The normalized spacial score (nSPS) is 16.5. The van der Waals surface area contributed by atoms with E-state index < -0.39 is 0 Å². The minimum atomic E-state index is 0.474. The van der Waals surface area contributed by atoms with Crippen LogP contribution >= 0.6 is 0 Å². The molecule has 1 heterocycles. The van der Waals surface area contributed by atoms with Gasteiger partial charge in [-0.3, -0.25) is 0 Å². The van der Waals surface area contributed by atoms with Gasteiger partial charge in [0.2, 0.25) is 0 Å². The first kappa shape index (κ1) is 9.01. The van der Waals surface area contributed by atoms with Crippen molar-refractivity contribution in [2.45, 2.75) is 31.7 Å². The highest BCUT2D eigenvalue weighted by atomic mass is 14.9. The van der Waals surface area contributed by atoms with E-state index in [9.17, 15) is 0 Å². The third-order valence-corrected chi connectivity index (χ3v) is 2.60. The summed E-state index contributed by atoms with van der Waals surface area (Å²) in [6.45, 7) is 0. The number of nitrogens with zero attached hydrogens (tertiary/aromatic N) is 2. The molecule has 1 aliphatic carbocycles. The molecular formula is C11H13N3. The predicted octanol–water partition coefficient (Wildman–Crippen LogP) is 2.31. The molecule has 0 unspecified atom stereocenters. The van der Waals surface area contributed by atoms with Crippen molar-refractivity contribution in [1.29, 1.82) is 5.26 Å². The summed E-state index contributed by atoms with van der Waals surface area (Å²) in [6, 6.07) is 6.28. The predicted molar refractivity (Wildman–Crippen MR) is 54.8 cm³/mol. The first-order chi connectivity index (χ1) is 6.88. The smallest absolute Gasteiger partial charge is 0.140 e. The minimum absolute atomic E-state index is 0.474. The van der Waals surface area contributed by atoms with Gasteiger partial charge in [-0.2, -0.15) is 5.26 Å². The zero-order valence-electron chi connectivity index (χ0n) is 8.03. The highest BCUT2D eigenvalue weighted by Gasteiger charge is 2.14. The molecule has 3 nitrogen and oxygen atoms in total. The van der Waals surface area contributed by atoms with E-state index in [0.29, 0.717) is 11.7 Å². The molecule has 0 amide bonds. The molecule has 1 N–H and O–H groups in total. The Labute approximate surface area is 83.8 Å². The molecule has 1 aromatic rings. The van der Waals surface area contributed by atoms with Crippen LogP contribution < -0.4 is 5.32 Å². The van der Waals surface area contributed by atoms with E-state index in [-0.39, 0.29) is 0 Å². The monoisotopic (exact) mass is 187 g/mol. The van der Waals surface area contributed by atoms with Crippen LogP contribution in [0.25, 0.3) is 0 Å². The largest absolute Gasteiger partial charge is 0.381 e. The van der Waals surface area contributed by atoms with Crippen LogP contribution in [0.5, 0.6) is 0 Å². The standard InChI is InChI=1S/C11H13N3/c12-7-10-5-6-11(8-13-10)14-9-3-1-2-4-9/h5-6,8-9,14H,1-4H2. The second-order valence-electron chi connectivity index (χ2n) is 3.67. The molecule has 2 rings (SSSR count). The molecule has 0 aliphatic heterocycles. The molecule has 1 aromatic heterocycles. The van der Waals surface area contributed by atoms with E-state index >= 15 is 0 Å².